The molecule has 0 atom stereocenters. The fourth-order valence-corrected chi connectivity index (χ4v) is 3.65. The molecule has 4 heteroatoms. The van der Waals surface area contributed by atoms with E-state index in [1.807, 2.05) is 20.8 Å². The van der Waals surface area contributed by atoms with Gasteiger partial charge in [-0.15, -0.1) is 0 Å². The van der Waals surface area contributed by atoms with Crippen LogP contribution in [-0.4, -0.2) is 42.3 Å². The zero-order valence-electron chi connectivity index (χ0n) is 14.7. The van der Waals surface area contributed by atoms with Gasteiger partial charge in [0.2, 0.25) is 0 Å². The molecule has 1 aliphatic heterocycles. The topological polar surface area (TPSA) is 41.6 Å². The van der Waals surface area contributed by atoms with Crippen molar-refractivity contribution >= 4 is 6.09 Å². The van der Waals surface area contributed by atoms with E-state index in [4.69, 9.17) is 4.74 Å². The van der Waals surface area contributed by atoms with E-state index >= 15 is 0 Å². The molecule has 4 nitrogen and oxygen atoms in total. The van der Waals surface area contributed by atoms with Crippen molar-refractivity contribution in [3.63, 3.8) is 0 Å². The quantitative estimate of drug-likeness (QED) is 0.803. The van der Waals surface area contributed by atoms with Gasteiger partial charge >= 0.3 is 6.09 Å². The summed E-state index contributed by atoms with van der Waals surface area (Å²) in [6.07, 6.45) is 10.3. The van der Waals surface area contributed by atoms with E-state index in [0.29, 0.717) is 0 Å². The number of nitrogens with zero attached hydrogens (tertiary/aromatic N) is 1. The molecule has 1 amide bonds. The van der Waals surface area contributed by atoms with Gasteiger partial charge in [0.15, 0.2) is 0 Å². The molecule has 22 heavy (non-hydrogen) atoms. The molecule has 0 bridgehead atoms. The average Bonchev–Trinajstić information content (AvgIpc) is 2.67. The van der Waals surface area contributed by atoms with Crippen LogP contribution in [0.25, 0.3) is 0 Å². The fourth-order valence-electron chi connectivity index (χ4n) is 3.65. The SMILES string of the molecule is CC(C)(C)OC(=O)NC1CCN(CC2CCCCCC2)CC1. The summed E-state index contributed by atoms with van der Waals surface area (Å²) >= 11 is 0. The molecule has 0 radical (unpaired) electrons. The maximum atomic E-state index is 11.8. The normalized spacial score (nSPS) is 23.0. The van der Waals surface area contributed by atoms with Crippen molar-refractivity contribution in [2.24, 2.45) is 5.92 Å². The van der Waals surface area contributed by atoms with Crippen molar-refractivity contribution in [2.75, 3.05) is 19.6 Å². The molecule has 128 valence electrons. The highest BCUT2D eigenvalue weighted by Crippen LogP contribution is 2.24. The van der Waals surface area contributed by atoms with Crippen LogP contribution in [0.2, 0.25) is 0 Å². The van der Waals surface area contributed by atoms with Crippen LogP contribution in [0.4, 0.5) is 4.79 Å². The van der Waals surface area contributed by atoms with Gasteiger partial charge in [-0.25, -0.2) is 4.79 Å². The predicted molar refractivity (Wildman–Crippen MR) is 90.0 cm³/mol. The van der Waals surface area contributed by atoms with E-state index in [-0.39, 0.29) is 12.1 Å². The number of carbonyl (C=O) groups is 1. The third-order valence-electron chi connectivity index (χ3n) is 4.80. The second-order valence-electron chi connectivity index (χ2n) is 8.08. The van der Waals surface area contributed by atoms with Gasteiger partial charge in [0.25, 0.3) is 0 Å². The van der Waals surface area contributed by atoms with Gasteiger partial charge in [-0.2, -0.15) is 0 Å². The molecule has 2 rings (SSSR count). The van der Waals surface area contributed by atoms with Gasteiger partial charge in [0.05, 0.1) is 0 Å². The summed E-state index contributed by atoms with van der Waals surface area (Å²) in [5, 5.41) is 3.02. The zero-order valence-corrected chi connectivity index (χ0v) is 14.7. The molecule has 1 heterocycles. The molecule has 2 aliphatic rings. The minimum atomic E-state index is -0.412. The molecule has 2 fully saturated rings. The largest absolute Gasteiger partial charge is 0.444 e. The second-order valence-corrected chi connectivity index (χ2v) is 8.08. The van der Waals surface area contributed by atoms with E-state index in [9.17, 15) is 4.79 Å². The molecular formula is C18H34N2O2. The molecule has 0 aromatic rings. The Bertz CT molecular complexity index is 335. The Labute approximate surface area is 136 Å². The average molecular weight is 310 g/mol. The number of ether oxygens (including phenoxy) is 1. The number of rotatable bonds is 3. The van der Waals surface area contributed by atoms with Gasteiger partial charge in [-0.3, -0.25) is 0 Å². The lowest BCUT2D eigenvalue weighted by molar-refractivity contribution is 0.0475. The number of piperidine rings is 1. The third kappa shape index (κ3) is 6.55. The molecular weight excluding hydrogens is 276 g/mol. The predicted octanol–water partition coefficient (Wildman–Crippen LogP) is 3.95. The van der Waals surface area contributed by atoms with Crippen LogP contribution in [0.1, 0.15) is 72.1 Å². The highest BCUT2D eigenvalue weighted by molar-refractivity contribution is 5.68. The Balaban J connectivity index is 1.66. The molecule has 0 aromatic carbocycles. The molecule has 1 N–H and O–H groups in total. The second kappa shape index (κ2) is 8.19. The highest BCUT2D eigenvalue weighted by Gasteiger charge is 2.25. The third-order valence-corrected chi connectivity index (χ3v) is 4.80. The lowest BCUT2D eigenvalue weighted by Gasteiger charge is -2.34. The maximum absolute atomic E-state index is 11.8. The Morgan fingerprint density at radius 2 is 1.64 bits per heavy atom. The van der Waals surface area contributed by atoms with Crippen molar-refractivity contribution in [1.82, 2.24) is 10.2 Å². The van der Waals surface area contributed by atoms with E-state index in [0.717, 1.165) is 31.8 Å². The zero-order chi connectivity index (χ0) is 16.0. The minimum Gasteiger partial charge on any atom is -0.444 e. The van der Waals surface area contributed by atoms with Crippen LogP contribution in [0.5, 0.6) is 0 Å². The fraction of sp³-hybridized carbons (Fsp3) is 0.944. The maximum Gasteiger partial charge on any atom is 0.407 e. The Morgan fingerprint density at radius 3 is 2.18 bits per heavy atom. The number of alkyl carbamates (subject to hydrolysis) is 1. The van der Waals surface area contributed by atoms with Crippen molar-refractivity contribution in [3.05, 3.63) is 0 Å². The van der Waals surface area contributed by atoms with Gasteiger partial charge in [-0.1, -0.05) is 25.7 Å². The van der Waals surface area contributed by atoms with Gasteiger partial charge in [0, 0.05) is 25.7 Å². The first kappa shape index (κ1) is 17.6. The van der Waals surface area contributed by atoms with Crippen LogP contribution in [0, 0.1) is 5.92 Å². The number of carbonyl (C=O) groups excluding carboxylic acids is 1. The molecule has 1 saturated carbocycles. The lowest BCUT2D eigenvalue weighted by Crippen LogP contribution is -2.47. The van der Waals surface area contributed by atoms with Crippen molar-refractivity contribution in [2.45, 2.75) is 83.8 Å². The molecule has 0 aromatic heterocycles. The van der Waals surface area contributed by atoms with E-state index in [2.05, 4.69) is 10.2 Å². The van der Waals surface area contributed by atoms with Crippen LogP contribution in [-0.2, 0) is 4.74 Å². The van der Waals surface area contributed by atoms with E-state index < -0.39 is 5.60 Å². The Hall–Kier alpha value is -0.770. The van der Waals surface area contributed by atoms with Crippen LogP contribution >= 0.6 is 0 Å². The lowest BCUT2D eigenvalue weighted by atomic mass is 9.97. The van der Waals surface area contributed by atoms with Crippen LogP contribution in [0.3, 0.4) is 0 Å². The minimum absolute atomic E-state index is 0.269. The van der Waals surface area contributed by atoms with E-state index in [1.54, 1.807) is 0 Å². The summed E-state index contributed by atoms with van der Waals surface area (Å²) in [6.45, 7) is 9.19. The first-order valence-electron chi connectivity index (χ1n) is 9.14. The molecule has 1 aliphatic carbocycles. The van der Waals surface area contributed by atoms with E-state index in [1.165, 1.54) is 45.1 Å². The van der Waals surface area contributed by atoms with Gasteiger partial charge in [-0.05, 0) is 52.4 Å². The number of amides is 1. The number of hydrogen-bond acceptors (Lipinski definition) is 3. The highest BCUT2D eigenvalue weighted by atomic mass is 16.6. The summed E-state index contributed by atoms with van der Waals surface area (Å²) < 4.78 is 5.34. The Morgan fingerprint density at radius 1 is 1.05 bits per heavy atom. The summed E-state index contributed by atoms with van der Waals surface area (Å²) in [4.78, 5) is 14.4. The molecule has 1 saturated heterocycles. The monoisotopic (exact) mass is 310 g/mol. The number of hydrogen-bond donors (Lipinski definition) is 1. The molecule has 0 spiro atoms. The van der Waals surface area contributed by atoms with Crippen molar-refractivity contribution in [1.29, 1.82) is 0 Å². The summed E-state index contributed by atoms with van der Waals surface area (Å²) in [6, 6.07) is 0.278. The summed E-state index contributed by atoms with van der Waals surface area (Å²) in [7, 11) is 0. The summed E-state index contributed by atoms with van der Waals surface area (Å²) in [5.74, 6) is 0.901. The smallest absolute Gasteiger partial charge is 0.407 e. The van der Waals surface area contributed by atoms with Crippen molar-refractivity contribution < 1.29 is 9.53 Å². The number of nitrogens with one attached hydrogen (secondary N) is 1. The van der Waals surface area contributed by atoms with Crippen molar-refractivity contribution in [3.8, 4) is 0 Å². The van der Waals surface area contributed by atoms with Gasteiger partial charge < -0.3 is 15.0 Å². The first-order valence-corrected chi connectivity index (χ1v) is 9.14. The number of likely N-dealkylation sites (tertiary alicyclic amines) is 1. The standard InChI is InChI=1S/C18H34N2O2/c1-18(2,3)22-17(21)19-16-10-12-20(13-11-16)14-15-8-6-4-5-7-9-15/h15-16H,4-14H2,1-3H3,(H,19,21). The summed E-state index contributed by atoms with van der Waals surface area (Å²) in [5.41, 5.74) is -0.412. The van der Waals surface area contributed by atoms with Gasteiger partial charge in [0.1, 0.15) is 5.60 Å². The first-order chi connectivity index (χ1) is 10.4. The Kier molecular flexibility index (Phi) is 6.54. The van der Waals surface area contributed by atoms with Crippen LogP contribution in [0.15, 0.2) is 0 Å². The van der Waals surface area contributed by atoms with Crippen LogP contribution < -0.4 is 5.32 Å². The molecule has 0 unspecified atom stereocenters.